The molecule has 0 radical (unpaired) electrons. The topological polar surface area (TPSA) is 42.4 Å². The fourth-order valence-corrected chi connectivity index (χ4v) is 3.02. The third-order valence-corrected chi connectivity index (χ3v) is 4.57. The van der Waals surface area contributed by atoms with Crippen LogP contribution in [0.4, 0.5) is 0 Å². The molecule has 0 fully saturated rings. The number of thiocarbonyl (C=S) groups is 1. The van der Waals surface area contributed by atoms with Gasteiger partial charge in [-0.3, -0.25) is 4.79 Å². The second-order valence-electron chi connectivity index (χ2n) is 5.90. The van der Waals surface area contributed by atoms with E-state index in [-0.39, 0.29) is 12.5 Å². The summed E-state index contributed by atoms with van der Waals surface area (Å²) in [5.74, 6) is -0.293. The third kappa shape index (κ3) is 3.89. The minimum Gasteiger partial charge on any atom is -0.465 e. The number of rotatable bonds is 5. The predicted octanol–water partition coefficient (Wildman–Crippen LogP) is 4.07. The first kappa shape index (κ1) is 18.0. The average Bonchev–Trinajstić information content (AvgIpc) is 2.67. The van der Waals surface area contributed by atoms with Gasteiger partial charge in [0.1, 0.15) is 11.5 Å². The SMILES string of the molecule is CCOC(=O)CN(C)C(=S)c1cc(-c2ccccc2)nc2ccccc12. The van der Waals surface area contributed by atoms with E-state index < -0.39 is 0 Å². The molecule has 0 spiro atoms. The van der Waals surface area contributed by atoms with E-state index in [9.17, 15) is 4.79 Å². The summed E-state index contributed by atoms with van der Waals surface area (Å²) in [5, 5.41) is 0.966. The zero-order valence-corrected chi connectivity index (χ0v) is 15.6. The molecule has 0 saturated carbocycles. The van der Waals surface area contributed by atoms with Gasteiger partial charge in [0.05, 0.1) is 17.8 Å². The molecule has 0 aliphatic carbocycles. The van der Waals surface area contributed by atoms with Crippen LogP contribution in [-0.2, 0) is 9.53 Å². The Kier molecular flexibility index (Phi) is 5.58. The van der Waals surface area contributed by atoms with Crippen LogP contribution < -0.4 is 0 Å². The summed E-state index contributed by atoms with van der Waals surface area (Å²) in [5.41, 5.74) is 3.63. The maximum Gasteiger partial charge on any atom is 0.325 e. The second kappa shape index (κ2) is 8.06. The van der Waals surface area contributed by atoms with E-state index in [4.69, 9.17) is 21.9 Å². The molecule has 1 aromatic heterocycles. The van der Waals surface area contributed by atoms with Crippen LogP contribution in [0.15, 0.2) is 60.7 Å². The van der Waals surface area contributed by atoms with E-state index in [2.05, 4.69) is 0 Å². The Bertz CT molecular complexity index is 941. The summed E-state index contributed by atoms with van der Waals surface area (Å²) in [6, 6.07) is 19.9. The number of carbonyl (C=O) groups excluding carboxylic acids is 1. The quantitative estimate of drug-likeness (QED) is 0.504. The zero-order chi connectivity index (χ0) is 18.5. The molecule has 0 amide bonds. The lowest BCUT2D eigenvalue weighted by Gasteiger charge is -2.20. The van der Waals surface area contributed by atoms with Gasteiger partial charge in [-0.05, 0) is 19.1 Å². The lowest BCUT2D eigenvalue weighted by molar-refractivity contribution is -0.143. The highest BCUT2D eigenvalue weighted by molar-refractivity contribution is 7.80. The van der Waals surface area contributed by atoms with Crippen molar-refractivity contribution in [1.29, 1.82) is 0 Å². The van der Waals surface area contributed by atoms with Crippen molar-refractivity contribution in [2.45, 2.75) is 6.92 Å². The minimum absolute atomic E-state index is 0.115. The summed E-state index contributed by atoms with van der Waals surface area (Å²) in [7, 11) is 1.80. The molecule has 0 aliphatic rings. The Morgan fingerprint density at radius 3 is 2.54 bits per heavy atom. The van der Waals surface area contributed by atoms with Crippen molar-refractivity contribution in [1.82, 2.24) is 9.88 Å². The highest BCUT2D eigenvalue weighted by Gasteiger charge is 2.16. The molecule has 2 aromatic carbocycles. The molecule has 1 heterocycles. The van der Waals surface area contributed by atoms with Crippen LogP contribution in [0.5, 0.6) is 0 Å². The maximum absolute atomic E-state index is 11.8. The van der Waals surface area contributed by atoms with Crippen molar-refractivity contribution >= 4 is 34.1 Å². The van der Waals surface area contributed by atoms with Crippen LogP contribution in [0.2, 0.25) is 0 Å². The molecule has 3 aromatic rings. The highest BCUT2D eigenvalue weighted by Crippen LogP contribution is 2.26. The van der Waals surface area contributed by atoms with Crippen molar-refractivity contribution in [2.75, 3.05) is 20.2 Å². The van der Waals surface area contributed by atoms with E-state index in [0.717, 1.165) is 27.7 Å². The molecule has 26 heavy (non-hydrogen) atoms. The van der Waals surface area contributed by atoms with Crippen LogP contribution in [0.1, 0.15) is 12.5 Å². The predicted molar refractivity (Wildman–Crippen MR) is 108 cm³/mol. The molecular formula is C21H20N2O2S. The van der Waals surface area contributed by atoms with Crippen molar-refractivity contribution in [3.8, 4) is 11.3 Å². The van der Waals surface area contributed by atoms with E-state index in [1.165, 1.54) is 0 Å². The molecule has 0 aliphatic heterocycles. The third-order valence-electron chi connectivity index (χ3n) is 4.03. The zero-order valence-electron chi connectivity index (χ0n) is 14.8. The van der Waals surface area contributed by atoms with Crippen LogP contribution in [0.3, 0.4) is 0 Å². The number of fused-ring (bicyclic) bond motifs is 1. The van der Waals surface area contributed by atoms with Crippen molar-refractivity contribution in [3.63, 3.8) is 0 Å². The molecule has 4 nitrogen and oxygen atoms in total. The first-order valence-electron chi connectivity index (χ1n) is 8.46. The number of benzene rings is 2. The number of nitrogens with zero attached hydrogens (tertiary/aromatic N) is 2. The fraction of sp³-hybridized carbons (Fsp3) is 0.190. The van der Waals surface area contributed by atoms with Crippen LogP contribution in [0, 0.1) is 0 Å². The molecular weight excluding hydrogens is 344 g/mol. The number of likely N-dealkylation sites (N-methyl/N-ethyl adjacent to an activating group) is 1. The first-order chi connectivity index (χ1) is 12.6. The largest absolute Gasteiger partial charge is 0.465 e. The molecule has 0 bridgehead atoms. The maximum atomic E-state index is 11.8. The Hall–Kier alpha value is -2.79. The molecule has 0 N–H and O–H groups in total. The monoisotopic (exact) mass is 364 g/mol. The molecule has 0 atom stereocenters. The van der Waals surface area contributed by atoms with Gasteiger partial charge in [0.2, 0.25) is 0 Å². The van der Waals surface area contributed by atoms with Gasteiger partial charge < -0.3 is 9.64 Å². The number of hydrogen-bond donors (Lipinski definition) is 0. The number of ether oxygens (including phenoxy) is 1. The average molecular weight is 364 g/mol. The number of carbonyl (C=O) groups is 1. The van der Waals surface area contributed by atoms with Crippen molar-refractivity contribution < 1.29 is 9.53 Å². The highest BCUT2D eigenvalue weighted by atomic mass is 32.1. The van der Waals surface area contributed by atoms with E-state index >= 15 is 0 Å². The van der Waals surface area contributed by atoms with E-state index in [0.29, 0.717) is 11.6 Å². The Balaban J connectivity index is 2.03. The Labute approximate surface area is 158 Å². The van der Waals surface area contributed by atoms with Gasteiger partial charge in [0.25, 0.3) is 0 Å². The number of pyridine rings is 1. The summed E-state index contributed by atoms with van der Waals surface area (Å²) >= 11 is 5.67. The van der Waals surface area contributed by atoms with Gasteiger partial charge in [0.15, 0.2) is 0 Å². The van der Waals surface area contributed by atoms with Crippen LogP contribution in [0.25, 0.3) is 22.2 Å². The summed E-state index contributed by atoms with van der Waals surface area (Å²) in [6.45, 7) is 2.26. The second-order valence-corrected chi connectivity index (χ2v) is 6.29. The lowest BCUT2D eigenvalue weighted by Crippen LogP contribution is -2.32. The molecule has 3 rings (SSSR count). The van der Waals surface area contributed by atoms with Gasteiger partial charge in [0, 0.05) is 23.6 Å². The number of aromatic nitrogens is 1. The van der Waals surface area contributed by atoms with E-state index in [1.54, 1.807) is 18.9 Å². The molecule has 0 saturated heterocycles. The van der Waals surface area contributed by atoms with Crippen molar-refractivity contribution in [2.24, 2.45) is 0 Å². The Morgan fingerprint density at radius 1 is 1.12 bits per heavy atom. The number of hydrogen-bond acceptors (Lipinski definition) is 4. The summed E-state index contributed by atoms with van der Waals surface area (Å²) < 4.78 is 5.03. The molecule has 5 heteroatoms. The van der Waals surface area contributed by atoms with Gasteiger partial charge in [-0.2, -0.15) is 0 Å². The summed E-state index contributed by atoms with van der Waals surface area (Å²) in [4.78, 5) is 18.9. The van der Waals surface area contributed by atoms with Crippen LogP contribution >= 0.6 is 12.2 Å². The Morgan fingerprint density at radius 2 is 1.81 bits per heavy atom. The van der Waals surface area contributed by atoms with Crippen LogP contribution in [-0.4, -0.2) is 41.0 Å². The van der Waals surface area contributed by atoms with Crippen molar-refractivity contribution in [3.05, 3.63) is 66.2 Å². The normalized spacial score (nSPS) is 10.5. The van der Waals surface area contributed by atoms with E-state index in [1.807, 2.05) is 60.7 Å². The molecule has 132 valence electrons. The summed E-state index contributed by atoms with van der Waals surface area (Å²) in [6.07, 6.45) is 0. The van der Waals surface area contributed by atoms with Gasteiger partial charge >= 0.3 is 5.97 Å². The smallest absolute Gasteiger partial charge is 0.325 e. The number of esters is 1. The lowest BCUT2D eigenvalue weighted by atomic mass is 10.0. The molecule has 0 unspecified atom stereocenters. The van der Waals surface area contributed by atoms with Gasteiger partial charge in [-0.15, -0.1) is 0 Å². The fourth-order valence-electron chi connectivity index (χ4n) is 2.79. The minimum atomic E-state index is -0.293. The van der Waals surface area contributed by atoms with Gasteiger partial charge in [-0.25, -0.2) is 4.98 Å². The standard InChI is InChI=1S/C21H20N2O2S/c1-3-25-20(24)14-23(2)21(26)17-13-19(15-9-5-4-6-10-15)22-18-12-8-7-11-16(17)18/h4-13H,3,14H2,1-2H3. The van der Waals surface area contributed by atoms with Gasteiger partial charge in [-0.1, -0.05) is 60.7 Å². The number of para-hydroxylation sites is 1. The first-order valence-corrected chi connectivity index (χ1v) is 8.87.